The highest BCUT2D eigenvalue weighted by atomic mass is 32.1. The molecule has 0 aliphatic carbocycles. The second-order valence-electron chi connectivity index (χ2n) is 1.54. The minimum absolute atomic E-state index is 0.0162. The Morgan fingerprint density at radius 2 is 2.50 bits per heavy atom. The van der Waals surface area contributed by atoms with Crippen molar-refractivity contribution < 1.29 is 4.79 Å². The lowest BCUT2D eigenvalue weighted by Gasteiger charge is -2.02. The number of nitrogens with one attached hydrogen (secondary N) is 1. The third-order valence-electron chi connectivity index (χ3n) is 0.848. The van der Waals surface area contributed by atoms with Crippen molar-refractivity contribution in [3.8, 4) is 0 Å². The third kappa shape index (κ3) is 1.13. The largest absolute Gasteiger partial charge is 0.332 e. The zero-order valence-electron chi connectivity index (χ0n) is 4.18. The molecule has 0 radical (unpaired) electrons. The van der Waals surface area contributed by atoms with Crippen molar-refractivity contribution >= 4 is 23.0 Å². The fourth-order valence-corrected chi connectivity index (χ4v) is 0.695. The standard InChI is InChI=1S/C5H5NOS/c7-5-3-4(8)1-2-6-5/h1-2H,3H2,(H,6,7). The predicted octanol–water partition coefficient (Wildman–Crippen LogP) is 0.390. The van der Waals surface area contributed by atoms with E-state index in [1.165, 1.54) is 0 Å². The lowest BCUT2D eigenvalue weighted by atomic mass is 10.2. The lowest BCUT2D eigenvalue weighted by molar-refractivity contribution is -0.119. The molecular formula is C5H5NOS. The second kappa shape index (κ2) is 2.05. The van der Waals surface area contributed by atoms with Crippen LogP contribution in [-0.4, -0.2) is 10.8 Å². The van der Waals surface area contributed by atoms with E-state index in [0.29, 0.717) is 11.3 Å². The minimum Gasteiger partial charge on any atom is -0.332 e. The number of hydrogen-bond donors (Lipinski definition) is 1. The first-order valence-corrected chi connectivity index (χ1v) is 2.68. The molecule has 0 unspecified atom stereocenters. The summed E-state index contributed by atoms with van der Waals surface area (Å²) >= 11 is 4.74. The summed E-state index contributed by atoms with van der Waals surface area (Å²) in [6, 6.07) is 0. The predicted molar refractivity (Wildman–Crippen MR) is 34.5 cm³/mol. The van der Waals surface area contributed by atoms with Crippen molar-refractivity contribution in [3.05, 3.63) is 12.3 Å². The first kappa shape index (κ1) is 5.44. The van der Waals surface area contributed by atoms with Gasteiger partial charge in [0.25, 0.3) is 0 Å². The number of rotatable bonds is 0. The van der Waals surface area contributed by atoms with Gasteiger partial charge in [0.05, 0.1) is 6.42 Å². The Hall–Kier alpha value is -0.700. The second-order valence-corrected chi connectivity index (χ2v) is 2.07. The molecule has 2 nitrogen and oxygen atoms in total. The SMILES string of the molecule is O=C1CC(=S)C=CN1. The average molecular weight is 127 g/mol. The van der Waals surface area contributed by atoms with Crippen molar-refractivity contribution in [2.24, 2.45) is 0 Å². The summed E-state index contributed by atoms with van der Waals surface area (Å²) in [7, 11) is 0. The zero-order valence-corrected chi connectivity index (χ0v) is 4.99. The van der Waals surface area contributed by atoms with E-state index in [4.69, 9.17) is 12.2 Å². The molecule has 3 heteroatoms. The van der Waals surface area contributed by atoms with Gasteiger partial charge in [-0.3, -0.25) is 4.79 Å². The Morgan fingerprint density at radius 3 is 2.88 bits per heavy atom. The number of amides is 1. The van der Waals surface area contributed by atoms with Crippen LogP contribution in [-0.2, 0) is 4.79 Å². The molecule has 1 heterocycles. The average Bonchev–Trinajstić information content (AvgIpc) is 1.64. The van der Waals surface area contributed by atoms with Gasteiger partial charge in [-0.15, -0.1) is 0 Å². The molecule has 1 amide bonds. The van der Waals surface area contributed by atoms with Gasteiger partial charge in [-0.2, -0.15) is 0 Å². The summed E-state index contributed by atoms with van der Waals surface area (Å²) in [6.45, 7) is 0. The summed E-state index contributed by atoms with van der Waals surface area (Å²) in [5.74, 6) is -0.0162. The van der Waals surface area contributed by atoms with E-state index in [0.717, 1.165) is 0 Å². The quantitative estimate of drug-likeness (QED) is 0.477. The summed E-state index contributed by atoms with van der Waals surface area (Å²) in [5, 5.41) is 2.51. The molecule has 0 saturated carbocycles. The van der Waals surface area contributed by atoms with Crippen molar-refractivity contribution in [1.82, 2.24) is 5.32 Å². The zero-order chi connectivity index (χ0) is 5.98. The maximum absolute atomic E-state index is 10.4. The van der Waals surface area contributed by atoms with Crippen LogP contribution in [0.15, 0.2) is 12.3 Å². The van der Waals surface area contributed by atoms with Gasteiger partial charge in [0.1, 0.15) is 0 Å². The van der Waals surface area contributed by atoms with Gasteiger partial charge in [0.15, 0.2) is 0 Å². The summed E-state index contributed by atoms with van der Waals surface area (Å²) < 4.78 is 0. The maximum Gasteiger partial charge on any atom is 0.229 e. The fraction of sp³-hybridized carbons (Fsp3) is 0.200. The first-order chi connectivity index (χ1) is 3.79. The van der Waals surface area contributed by atoms with Crippen LogP contribution >= 0.6 is 12.2 Å². The monoisotopic (exact) mass is 127 g/mol. The molecule has 1 aliphatic heterocycles. The van der Waals surface area contributed by atoms with Gasteiger partial charge >= 0.3 is 0 Å². The lowest BCUT2D eigenvalue weighted by Crippen LogP contribution is -2.23. The van der Waals surface area contributed by atoms with E-state index >= 15 is 0 Å². The van der Waals surface area contributed by atoms with Crippen LogP contribution in [0, 0.1) is 0 Å². The third-order valence-corrected chi connectivity index (χ3v) is 1.13. The Balaban J connectivity index is 2.68. The van der Waals surface area contributed by atoms with Gasteiger partial charge < -0.3 is 5.32 Å². The fourth-order valence-electron chi connectivity index (χ4n) is 0.496. The number of hydrogen-bond acceptors (Lipinski definition) is 2. The van der Waals surface area contributed by atoms with Gasteiger partial charge in [-0.1, -0.05) is 12.2 Å². The van der Waals surface area contributed by atoms with Crippen LogP contribution in [0.4, 0.5) is 0 Å². The molecule has 0 saturated heterocycles. The molecule has 8 heavy (non-hydrogen) atoms. The van der Waals surface area contributed by atoms with Crippen LogP contribution in [0.2, 0.25) is 0 Å². The highest BCUT2D eigenvalue weighted by molar-refractivity contribution is 7.80. The Labute approximate surface area is 52.6 Å². The molecule has 0 fully saturated rings. The maximum atomic E-state index is 10.4. The molecule has 1 aliphatic rings. The van der Waals surface area contributed by atoms with Crippen molar-refractivity contribution in [2.75, 3.05) is 0 Å². The number of thiocarbonyl (C=S) groups is 1. The van der Waals surface area contributed by atoms with E-state index in [1.54, 1.807) is 12.3 Å². The van der Waals surface area contributed by atoms with Gasteiger partial charge in [0, 0.05) is 11.1 Å². The Kier molecular flexibility index (Phi) is 1.39. The van der Waals surface area contributed by atoms with Gasteiger partial charge in [-0.05, 0) is 6.08 Å². The van der Waals surface area contributed by atoms with Crippen LogP contribution in [0.1, 0.15) is 6.42 Å². The highest BCUT2D eigenvalue weighted by Gasteiger charge is 2.04. The molecule has 0 spiro atoms. The van der Waals surface area contributed by atoms with E-state index in [1.807, 2.05) is 0 Å². The number of carbonyl (C=O) groups is 1. The van der Waals surface area contributed by atoms with Gasteiger partial charge in [-0.25, -0.2) is 0 Å². The summed E-state index contributed by atoms with van der Waals surface area (Å²) in [6.07, 6.45) is 3.65. The van der Waals surface area contributed by atoms with Crippen molar-refractivity contribution in [1.29, 1.82) is 0 Å². The summed E-state index contributed by atoms with van der Waals surface area (Å²) in [4.78, 5) is 11.1. The van der Waals surface area contributed by atoms with Crippen LogP contribution in [0.25, 0.3) is 0 Å². The Bertz CT molecular complexity index is 162. The number of allylic oxidation sites excluding steroid dienone is 1. The van der Waals surface area contributed by atoms with Crippen LogP contribution in [0.3, 0.4) is 0 Å². The molecule has 0 atom stereocenters. The number of carbonyl (C=O) groups excluding carboxylic acids is 1. The van der Waals surface area contributed by atoms with Crippen molar-refractivity contribution in [3.63, 3.8) is 0 Å². The van der Waals surface area contributed by atoms with Crippen molar-refractivity contribution in [2.45, 2.75) is 6.42 Å². The van der Waals surface area contributed by atoms with Crippen LogP contribution in [0.5, 0.6) is 0 Å². The first-order valence-electron chi connectivity index (χ1n) is 2.28. The van der Waals surface area contributed by atoms with Gasteiger partial charge in [0.2, 0.25) is 5.91 Å². The smallest absolute Gasteiger partial charge is 0.229 e. The van der Waals surface area contributed by atoms with E-state index in [9.17, 15) is 4.79 Å². The normalized spacial score (nSPS) is 18.5. The van der Waals surface area contributed by atoms with Crippen LogP contribution < -0.4 is 5.32 Å². The summed E-state index contributed by atoms with van der Waals surface area (Å²) in [5.41, 5.74) is 0. The molecular weight excluding hydrogens is 122 g/mol. The minimum atomic E-state index is -0.0162. The highest BCUT2D eigenvalue weighted by Crippen LogP contribution is 1.93. The topological polar surface area (TPSA) is 29.1 Å². The molecule has 0 aromatic rings. The van der Waals surface area contributed by atoms with E-state index in [-0.39, 0.29) is 5.91 Å². The molecule has 0 aromatic heterocycles. The molecule has 0 bridgehead atoms. The van der Waals surface area contributed by atoms with E-state index in [2.05, 4.69) is 5.32 Å². The van der Waals surface area contributed by atoms with E-state index < -0.39 is 0 Å². The molecule has 42 valence electrons. The molecule has 1 N–H and O–H groups in total. The molecule has 0 aromatic carbocycles. The Morgan fingerprint density at radius 1 is 1.75 bits per heavy atom. The molecule has 1 rings (SSSR count).